The molecule has 4 aromatic carbocycles. The van der Waals surface area contributed by atoms with Crippen LogP contribution in [0.25, 0.3) is 0 Å². The zero-order valence-electron chi connectivity index (χ0n) is 20.7. The van der Waals surface area contributed by atoms with Crippen LogP contribution in [0.5, 0.6) is 0 Å². The lowest BCUT2D eigenvalue weighted by atomic mass is 9.92. The number of carboxylic acids is 1. The lowest BCUT2D eigenvalue weighted by molar-refractivity contribution is -0.143. The Morgan fingerprint density at radius 3 is 1.87 bits per heavy atom. The van der Waals surface area contributed by atoms with E-state index in [1.54, 1.807) is 42.5 Å². The molecule has 0 heterocycles. The summed E-state index contributed by atoms with van der Waals surface area (Å²) < 4.78 is 28.8. The fourth-order valence-corrected chi connectivity index (χ4v) is 5.91. The van der Waals surface area contributed by atoms with E-state index in [0.717, 1.165) is 11.1 Å². The standard InChI is InChI=1S/C30H29ClN2O4S/c31-26-18-16-25(17-19-26)29(32-20-23-10-4-1-5-11-23)28(30(34)35)22-33(21-24-12-6-2-7-13-24)38(36,37)27-14-8-3-9-15-27/h1-19,28-29,32H,20-22H2,(H,34,35). The first-order chi connectivity index (χ1) is 18.3. The van der Waals surface area contributed by atoms with E-state index in [4.69, 9.17) is 11.6 Å². The van der Waals surface area contributed by atoms with Crippen molar-refractivity contribution in [1.82, 2.24) is 9.62 Å². The molecule has 0 amide bonds. The number of halogens is 1. The Balaban J connectivity index is 1.72. The van der Waals surface area contributed by atoms with Gasteiger partial charge in [-0.2, -0.15) is 4.31 Å². The largest absolute Gasteiger partial charge is 0.481 e. The van der Waals surface area contributed by atoms with E-state index in [2.05, 4.69) is 5.32 Å². The van der Waals surface area contributed by atoms with Crippen molar-refractivity contribution in [2.45, 2.75) is 24.0 Å². The van der Waals surface area contributed by atoms with Gasteiger partial charge < -0.3 is 10.4 Å². The maximum atomic E-state index is 13.8. The summed E-state index contributed by atoms with van der Waals surface area (Å²) in [5.41, 5.74) is 2.44. The molecule has 2 N–H and O–H groups in total. The predicted molar refractivity (Wildman–Crippen MR) is 149 cm³/mol. The van der Waals surface area contributed by atoms with Gasteiger partial charge in [0.2, 0.25) is 10.0 Å². The highest BCUT2D eigenvalue weighted by Gasteiger charge is 2.35. The van der Waals surface area contributed by atoms with Crippen LogP contribution in [0, 0.1) is 5.92 Å². The molecule has 0 fully saturated rings. The molecule has 38 heavy (non-hydrogen) atoms. The van der Waals surface area contributed by atoms with Crippen LogP contribution in [0.15, 0.2) is 120 Å². The zero-order chi connectivity index (χ0) is 27.0. The molecule has 8 heteroatoms. The molecule has 0 aromatic heterocycles. The van der Waals surface area contributed by atoms with E-state index < -0.39 is 28.0 Å². The highest BCUT2D eigenvalue weighted by atomic mass is 35.5. The SMILES string of the molecule is O=C(O)C(CN(Cc1ccccc1)S(=O)(=O)c1ccccc1)C(NCc1ccccc1)c1ccc(Cl)cc1. The first-order valence-corrected chi connectivity index (χ1v) is 14.0. The summed E-state index contributed by atoms with van der Waals surface area (Å²) in [5, 5.41) is 14.3. The number of sulfonamides is 1. The van der Waals surface area contributed by atoms with Crippen LogP contribution in [0.4, 0.5) is 0 Å². The molecule has 0 radical (unpaired) electrons. The molecule has 4 aromatic rings. The van der Waals surface area contributed by atoms with Crippen LogP contribution in [0.1, 0.15) is 22.7 Å². The van der Waals surface area contributed by atoms with Crippen molar-refractivity contribution >= 4 is 27.6 Å². The molecule has 0 spiro atoms. The molecule has 0 aliphatic rings. The van der Waals surface area contributed by atoms with Crippen LogP contribution in [0.3, 0.4) is 0 Å². The number of rotatable bonds is 12. The number of carbonyl (C=O) groups is 1. The Morgan fingerprint density at radius 2 is 1.32 bits per heavy atom. The summed E-state index contributed by atoms with van der Waals surface area (Å²) in [6.07, 6.45) is 0. The fourth-order valence-electron chi connectivity index (χ4n) is 4.31. The third-order valence-electron chi connectivity index (χ3n) is 6.30. The van der Waals surface area contributed by atoms with Crippen LogP contribution < -0.4 is 5.32 Å². The number of benzene rings is 4. The molecule has 0 saturated carbocycles. The van der Waals surface area contributed by atoms with Crippen LogP contribution in [0.2, 0.25) is 5.02 Å². The maximum absolute atomic E-state index is 13.8. The first kappa shape index (κ1) is 27.5. The topological polar surface area (TPSA) is 86.7 Å². The third-order valence-corrected chi connectivity index (χ3v) is 8.38. The Hall–Kier alpha value is -3.49. The molecule has 196 valence electrons. The van der Waals surface area contributed by atoms with Crippen LogP contribution >= 0.6 is 11.6 Å². The highest BCUT2D eigenvalue weighted by Crippen LogP contribution is 2.29. The van der Waals surface area contributed by atoms with Crippen molar-refractivity contribution < 1.29 is 18.3 Å². The number of carboxylic acid groups (broad SMARTS) is 1. The van der Waals surface area contributed by atoms with Gasteiger partial charge in [0, 0.05) is 30.7 Å². The summed E-state index contributed by atoms with van der Waals surface area (Å²) in [4.78, 5) is 12.9. The van der Waals surface area contributed by atoms with Crippen molar-refractivity contribution in [1.29, 1.82) is 0 Å². The molecule has 0 saturated heterocycles. The average molecular weight is 549 g/mol. The molecule has 2 atom stereocenters. The number of nitrogens with one attached hydrogen (secondary N) is 1. The van der Waals surface area contributed by atoms with Gasteiger partial charge in [-0.15, -0.1) is 0 Å². The van der Waals surface area contributed by atoms with E-state index in [-0.39, 0.29) is 18.0 Å². The van der Waals surface area contributed by atoms with Gasteiger partial charge >= 0.3 is 5.97 Å². The van der Waals surface area contributed by atoms with Gasteiger partial charge in [0.25, 0.3) is 0 Å². The molecule has 2 unspecified atom stereocenters. The van der Waals surface area contributed by atoms with Crippen LogP contribution in [-0.2, 0) is 27.9 Å². The van der Waals surface area contributed by atoms with Gasteiger partial charge in [-0.25, -0.2) is 8.42 Å². The minimum Gasteiger partial charge on any atom is -0.481 e. The Kier molecular flexibility index (Phi) is 9.31. The number of aliphatic carboxylic acids is 1. The monoisotopic (exact) mass is 548 g/mol. The summed E-state index contributed by atoms with van der Waals surface area (Å²) in [6.45, 7) is 0.201. The molecule has 4 rings (SSSR count). The van der Waals surface area contributed by atoms with E-state index in [9.17, 15) is 18.3 Å². The maximum Gasteiger partial charge on any atom is 0.309 e. The number of hydrogen-bond donors (Lipinski definition) is 2. The van der Waals surface area contributed by atoms with Crippen molar-refractivity contribution in [3.63, 3.8) is 0 Å². The molecule has 0 aliphatic heterocycles. The molecular formula is C30H29ClN2O4S. The quantitative estimate of drug-likeness (QED) is 0.235. The fraction of sp³-hybridized carbons (Fsp3) is 0.167. The van der Waals surface area contributed by atoms with Gasteiger partial charge in [0.05, 0.1) is 10.8 Å². The van der Waals surface area contributed by atoms with Crippen LogP contribution in [-0.4, -0.2) is 30.3 Å². The van der Waals surface area contributed by atoms with Crippen molar-refractivity contribution in [2.75, 3.05) is 6.54 Å². The van der Waals surface area contributed by atoms with Crippen molar-refractivity contribution in [3.8, 4) is 0 Å². The van der Waals surface area contributed by atoms with E-state index in [1.807, 2.05) is 60.7 Å². The smallest absolute Gasteiger partial charge is 0.309 e. The summed E-state index contributed by atoms with van der Waals surface area (Å²) in [6, 6.07) is 33.2. The van der Waals surface area contributed by atoms with E-state index >= 15 is 0 Å². The Labute approximate surface area is 228 Å². The Bertz CT molecular complexity index is 1420. The van der Waals surface area contributed by atoms with Gasteiger partial charge in [0.1, 0.15) is 0 Å². The third kappa shape index (κ3) is 7.08. The van der Waals surface area contributed by atoms with Gasteiger partial charge in [-0.3, -0.25) is 4.79 Å². The van der Waals surface area contributed by atoms with E-state index in [0.29, 0.717) is 17.1 Å². The summed E-state index contributed by atoms with van der Waals surface area (Å²) in [5.74, 6) is -2.20. The summed E-state index contributed by atoms with van der Waals surface area (Å²) >= 11 is 6.11. The zero-order valence-corrected chi connectivity index (χ0v) is 22.2. The normalized spacial score (nSPS) is 13.2. The lowest BCUT2D eigenvalue weighted by Gasteiger charge is -2.31. The minimum atomic E-state index is -4.00. The second-order valence-electron chi connectivity index (χ2n) is 8.94. The second kappa shape index (κ2) is 12.8. The number of nitrogens with zero attached hydrogens (tertiary/aromatic N) is 1. The van der Waals surface area contributed by atoms with Gasteiger partial charge in [-0.05, 0) is 41.0 Å². The Morgan fingerprint density at radius 1 is 0.789 bits per heavy atom. The molecule has 0 bridgehead atoms. The second-order valence-corrected chi connectivity index (χ2v) is 11.3. The lowest BCUT2D eigenvalue weighted by Crippen LogP contribution is -2.43. The minimum absolute atomic E-state index is 0.0356. The molecule has 6 nitrogen and oxygen atoms in total. The van der Waals surface area contributed by atoms with E-state index in [1.165, 1.54) is 16.4 Å². The average Bonchev–Trinajstić information content (AvgIpc) is 2.94. The molecular weight excluding hydrogens is 520 g/mol. The number of hydrogen-bond acceptors (Lipinski definition) is 4. The van der Waals surface area contributed by atoms with Gasteiger partial charge in [0.15, 0.2) is 0 Å². The first-order valence-electron chi connectivity index (χ1n) is 12.2. The predicted octanol–water partition coefficient (Wildman–Crippen LogP) is 5.76. The molecule has 0 aliphatic carbocycles. The van der Waals surface area contributed by atoms with Crippen molar-refractivity contribution in [3.05, 3.63) is 137 Å². The van der Waals surface area contributed by atoms with Crippen molar-refractivity contribution in [2.24, 2.45) is 5.92 Å². The van der Waals surface area contributed by atoms with Gasteiger partial charge in [-0.1, -0.05) is 103 Å². The summed E-state index contributed by atoms with van der Waals surface area (Å²) in [7, 11) is -4.00. The highest BCUT2D eigenvalue weighted by molar-refractivity contribution is 7.89.